The number of hydrogen-bond donors (Lipinski definition) is 3. The number of benzene rings is 1. The van der Waals surface area contributed by atoms with E-state index in [-0.39, 0.29) is 12.0 Å². The minimum absolute atomic E-state index is 0.0229. The average molecular weight is 449 g/mol. The SMILES string of the molecule is Cc1cc(C(=O)N2CCC(O)CC2)cc(C)c1/C=C/[S+]([O-])N1CCC(N)(C(N)=O)CC1. The Morgan fingerprint density at radius 3 is 2.23 bits per heavy atom. The Kier molecular flexibility index (Phi) is 7.43. The zero-order valence-electron chi connectivity index (χ0n) is 18.2. The van der Waals surface area contributed by atoms with E-state index in [4.69, 9.17) is 11.5 Å². The van der Waals surface area contributed by atoms with Gasteiger partial charge in [0.1, 0.15) is 5.41 Å². The van der Waals surface area contributed by atoms with E-state index in [1.165, 1.54) is 0 Å². The van der Waals surface area contributed by atoms with Crippen molar-refractivity contribution in [3.8, 4) is 0 Å². The molecule has 0 radical (unpaired) electrons. The molecule has 2 fully saturated rings. The number of likely N-dealkylation sites (tertiary alicyclic amines) is 1. The van der Waals surface area contributed by atoms with Crippen LogP contribution in [0, 0.1) is 13.8 Å². The monoisotopic (exact) mass is 448 g/mol. The minimum Gasteiger partial charge on any atom is -0.593 e. The maximum Gasteiger partial charge on any atom is 0.253 e. The highest BCUT2D eigenvalue weighted by Crippen LogP contribution is 2.24. The van der Waals surface area contributed by atoms with Crippen molar-refractivity contribution in [2.45, 2.75) is 51.2 Å². The highest BCUT2D eigenvalue weighted by molar-refractivity contribution is 7.92. The molecule has 0 saturated carbocycles. The van der Waals surface area contributed by atoms with Gasteiger partial charge in [0.05, 0.1) is 23.0 Å². The van der Waals surface area contributed by atoms with Crippen molar-refractivity contribution in [3.05, 3.63) is 39.8 Å². The van der Waals surface area contributed by atoms with Crippen LogP contribution in [0.2, 0.25) is 0 Å². The van der Waals surface area contributed by atoms with Gasteiger partial charge in [0.15, 0.2) is 0 Å². The first-order valence-electron chi connectivity index (χ1n) is 10.6. The van der Waals surface area contributed by atoms with Crippen LogP contribution in [0.15, 0.2) is 17.5 Å². The molecule has 8 nitrogen and oxygen atoms in total. The van der Waals surface area contributed by atoms with Gasteiger partial charge in [-0.05, 0) is 74.4 Å². The summed E-state index contributed by atoms with van der Waals surface area (Å²) in [6.07, 6.45) is 3.48. The number of nitrogens with zero attached hydrogens (tertiary/aromatic N) is 2. The van der Waals surface area contributed by atoms with Crippen LogP contribution in [0.5, 0.6) is 0 Å². The van der Waals surface area contributed by atoms with Gasteiger partial charge >= 0.3 is 0 Å². The Morgan fingerprint density at radius 1 is 1.16 bits per heavy atom. The second kappa shape index (κ2) is 9.70. The van der Waals surface area contributed by atoms with Crippen molar-refractivity contribution in [3.63, 3.8) is 0 Å². The lowest BCUT2D eigenvalue weighted by Crippen LogP contribution is -2.58. The number of amides is 2. The summed E-state index contributed by atoms with van der Waals surface area (Å²) in [7, 11) is 0. The topological polar surface area (TPSA) is 136 Å². The summed E-state index contributed by atoms with van der Waals surface area (Å²) in [5.41, 5.74) is 13.8. The molecule has 0 spiro atoms. The van der Waals surface area contributed by atoms with E-state index in [1.54, 1.807) is 14.6 Å². The summed E-state index contributed by atoms with van der Waals surface area (Å²) in [5, 5.41) is 11.3. The third kappa shape index (κ3) is 5.48. The summed E-state index contributed by atoms with van der Waals surface area (Å²) in [4.78, 5) is 26.1. The molecule has 0 aliphatic carbocycles. The van der Waals surface area contributed by atoms with Gasteiger partial charge in [-0.3, -0.25) is 9.59 Å². The lowest BCUT2D eigenvalue weighted by molar-refractivity contribution is -0.124. The second-order valence-corrected chi connectivity index (χ2v) is 9.92. The molecule has 2 heterocycles. The van der Waals surface area contributed by atoms with E-state index in [1.807, 2.05) is 32.1 Å². The van der Waals surface area contributed by atoms with Gasteiger partial charge in [0.2, 0.25) is 5.91 Å². The fraction of sp³-hybridized carbons (Fsp3) is 0.545. The highest BCUT2D eigenvalue weighted by Gasteiger charge is 2.38. The number of nitrogens with two attached hydrogens (primary N) is 2. The van der Waals surface area contributed by atoms with Gasteiger partial charge in [0.25, 0.3) is 5.91 Å². The maximum atomic E-state index is 12.8. The molecule has 0 bridgehead atoms. The third-order valence-corrected chi connectivity index (χ3v) is 7.55. The molecule has 1 atom stereocenters. The third-order valence-electron chi connectivity index (χ3n) is 6.30. The number of primary amides is 1. The van der Waals surface area contributed by atoms with Crippen molar-refractivity contribution < 1.29 is 19.2 Å². The first-order valence-corrected chi connectivity index (χ1v) is 11.8. The number of aliphatic hydroxyl groups excluding tert-OH is 1. The Hall–Kier alpha value is -1.91. The molecule has 1 aromatic rings. The van der Waals surface area contributed by atoms with Crippen molar-refractivity contribution in [1.82, 2.24) is 9.21 Å². The Morgan fingerprint density at radius 2 is 1.71 bits per heavy atom. The largest absolute Gasteiger partial charge is 0.593 e. The van der Waals surface area contributed by atoms with Crippen LogP contribution in [0.4, 0.5) is 0 Å². The summed E-state index contributed by atoms with van der Waals surface area (Å²) in [5.74, 6) is -0.541. The van der Waals surface area contributed by atoms with Crippen LogP contribution in [0.1, 0.15) is 52.7 Å². The van der Waals surface area contributed by atoms with Crippen molar-refractivity contribution >= 4 is 29.3 Å². The standard InChI is InChI=1S/C22H32N4O4S/c1-15-13-17(20(28)25-8-3-18(27)4-9-25)14-16(2)19(15)5-12-31(30)26-10-6-22(24,7-11-26)21(23)29/h5,12-14,18,27H,3-4,6-11,24H2,1-2H3,(H2,23,29)/b12-5+. The quantitative estimate of drug-likeness (QED) is 0.571. The van der Waals surface area contributed by atoms with E-state index in [0.717, 1.165) is 16.7 Å². The molecule has 2 saturated heterocycles. The molecule has 1 aromatic carbocycles. The number of rotatable bonds is 5. The van der Waals surface area contributed by atoms with E-state index in [0.29, 0.717) is 57.4 Å². The molecule has 2 aliphatic rings. The minimum atomic E-state index is -1.35. The van der Waals surface area contributed by atoms with E-state index < -0.39 is 22.8 Å². The van der Waals surface area contributed by atoms with Crippen LogP contribution in [0.25, 0.3) is 6.08 Å². The van der Waals surface area contributed by atoms with Gasteiger partial charge in [-0.1, -0.05) is 0 Å². The zero-order valence-corrected chi connectivity index (χ0v) is 19.0. The Labute approximate surface area is 186 Å². The molecule has 31 heavy (non-hydrogen) atoms. The van der Waals surface area contributed by atoms with Crippen LogP contribution in [-0.4, -0.2) is 68.5 Å². The summed E-state index contributed by atoms with van der Waals surface area (Å²) >= 11 is -1.35. The fourth-order valence-corrected chi connectivity index (χ4v) is 5.10. The van der Waals surface area contributed by atoms with Crippen LogP contribution in [-0.2, 0) is 16.2 Å². The summed E-state index contributed by atoms with van der Waals surface area (Å²) in [6, 6.07) is 3.72. The van der Waals surface area contributed by atoms with Gasteiger partial charge in [0, 0.05) is 31.7 Å². The van der Waals surface area contributed by atoms with Crippen molar-refractivity contribution in [2.75, 3.05) is 26.2 Å². The molecule has 0 aromatic heterocycles. The Balaban J connectivity index is 1.66. The number of piperidine rings is 2. The highest BCUT2D eigenvalue weighted by atomic mass is 32.2. The molecule has 2 amide bonds. The molecule has 1 unspecified atom stereocenters. The second-order valence-electron chi connectivity index (χ2n) is 8.58. The fourth-order valence-electron chi connectivity index (χ4n) is 4.14. The van der Waals surface area contributed by atoms with Gasteiger partial charge in [-0.15, -0.1) is 4.31 Å². The summed E-state index contributed by atoms with van der Waals surface area (Å²) in [6.45, 7) is 5.87. The first kappa shape index (κ1) is 23.7. The van der Waals surface area contributed by atoms with Gasteiger partial charge < -0.3 is 26.0 Å². The average Bonchev–Trinajstić information content (AvgIpc) is 2.73. The van der Waals surface area contributed by atoms with Crippen molar-refractivity contribution in [1.29, 1.82) is 0 Å². The number of aliphatic hydroxyl groups is 1. The number of aryl methyl sites for hydroxylation is 2. The molecule has 9 heteroatoms. The number of carbonyl (C=O) groups excluding carboxylic acids is 2. The van der Waals surface area contributed by atoms with Crippen LogP contribution < -0.4 is 11.5 Å². The molecular weight excluding hydrogens is 416 g/mol. The molecular formula is C22H32N4O4S. The normalized spacial score (nSPS) is 21.4. The van der Waals surface area contributed by atoms with Crippen LogP contribution in [0.3, 0.4) is 0 Å². The van der Waals surface area contributed by atoms with Gasteiger partial charge in [-0.25, -0.2) is 0 Å². The summed E-state index contributed by atoms with van der Waals surface area (Å²) < 4.78 is 14.5. The maximum absolute atomic E-state index is 12.8. The zero-order chi connectivity index (χ0) is 22.8. The Bertz CT molecular complexity index is 836. The lowest BCUT2D eigenvalue weighted by Gasteiger charge is -2.35. The van der Waals surface area contributed by atoms with E-state index in [2.05, 4.69) is 0 Å². The smallest absolute Gasteiger partial charge is 0.253 e. The number of hydrogen-bond acceptors (Lipinski definition) is 6. The molecule has 2 aliphatic heterocycles. The first-order chi connectivity index (χ1) is 14.6. The van der Waals surface area contributed by atoms with Crippen LogP contribution >= 0.6 is 0 Å². The van der Waals surface area contributed by atoms with E-state index >= 15 is 0 Å². The molecule has 170 valence electrons. The van der Waals surface area contributed by atoms with Crippen molar-refractivity contribution in [2.24, 2.45) is 11.5 Å². The van der Waals surface area contributed by atoms with Gasteiger partial charge in [-0.2, -0.15) is 0 Å². The molecule has 3 rings (SSSR count). The lowest BCUT2D eigenvalue weighted by atomic mass is 9.89. The predicted molar refractivity (Wildman–Crippen MR) is 121 cm³/mol. The number of carbonyl (C=O) groups is 2. The van der Waals surface area contributed by atoms with E-state index in [9.17, 15) is 19.2 Å². The molecule has 5 N–H and O–H groups in total. The predicted octanol–water partition coefficient (Wildman–Crippen LogP) is 0.813.